The summed E-state index contributed by atoms with van der Waals surface area (Å²) in [6.07, 6.45) is 1.52. The first kappa shape index (κ1) is 12.9. The average Bonchev–Trinajstić information content (AvgIpc) is 2.46. The largest absolute Gasteiger partial charge is 0.289 e. The molecule has 1 aromatic carbocycles. The molecule has 0 unspecified atom stereocenters. The van der Waals surface area contributed by atoms with Crippen LogP contribution < -0.4 is 5.43 Å². The lowest BCUT2D eigenvalue weighted by Gasteiger charge is -2.03. The van der Waals surface area contributed by atoms with E-state index < -0.39 is 5.91 Å². The Morgan fingerprint density at radius 1 is 1.21 bits per heavy atom. The molecule has 0 aliphatic carbocycles. The predicted molar refractivity (Wildman–Crippen MR) is 70.3 cm³/mol. The molecule has 0 saturated heterocycles. The van der Waals surface area contributed by atoms with Gasteiger partial charge < -0.3 is 0 Å². The molecule has 0 fully saturated rings. The van der Waals surface area contributed by atoms with Crippen molar-refractivity contribution < 1.29 is 9.18 Å². The summed E-state index contributed by atoms with van der Waals surface area (Å²) in [7, 11) is 0. The van der Waals surface area contributed by atoms with Crippen LogP contribution in [-0.2, 0) is 0 Å². The number of nitrogens with zero attached hydrogens (tertiary/aromatic N) is 2. The smallest absolute Gasteiger partial charge is 0.266 e. The molecular formula is C14H12FN3O. The third-order valence-corrected chi connectivity index (χ3v) is 2.49. The highest BCUT2D eigenvalue weighted by Gasteiger charge is 2.07. The molecule has 0 saturated carbocycles. The lowest BCUT2D eigenvalue weighted by Crippen LogP contribution is -2.20. The van der Waals surface area contributed by atoms with E-state index in [-0.39, 0.29) is 11.5 Å². The number of hydrogen-bond donors (Lipinski definition) is 1. The normalized spacial score (nSPS) is 11.2. The lowest BCUT2D eigenvalue weighted by atomic mass is 10.1. The molecule has 0 bridgehead atoms. The molecule has 0 aliphatic heterocycles. The first-order chi connectivity index (χ1) is 9.18. The van der Waals surface area contributed by atoms with Crippen molar-refractivity contribution in [3.63, 3.8) is 0 Å². The number of carbonyl (C=O) groups is 1. The number of nitrogens with one attached hydrogen (secondary N) is 1. The first-order valence-corrected chi connectivity index (χ1v) is 5.69. The van der Waals surface area contributed by atoms with Gasteiger partial charge in [0.05, 0.1) is 5.71 Å². The molecule has 19 heavy (non-hydrogen) atoms. The molecular weight excluding hydrogens is 245 g/mol. The number of aromatic nitrogens is 1. The fourth-order valence-electron chi connectivity index (χ4n) is 1.50. The summed E-state index contributed by atoms with van der Waals surface area (Å²) in [4.78, 5) is 15.6. The fourth-order valence-corrected chi connectivity index (χ4v) is 1.50. The van der Waals surface area contributed by atoms with Crippen LogP contribution in [0.5, 0.6) is 0 Å². The van der Waals surface area contributed by atoms with E-state index in [0.29, 0.717) is 11.3 Å². The lowest BCUT2D eigenvalue weighted by molar-refractivity contribution is 0.0950. The molecule has 1 amide bonds. The van der Waals surface area contributed by atoms with Crippen molar-refractivity contribution in [2.45, 2.75) is 6.92 Å². The van der Waals surface area contributed by atoms with Gasteiger partial charge in [-0.2, -0.15) is 5.10 Å². The average molecular weight is 257 g/mol. The Morgan fingerprint density at radius 2 is 1.95 bits per heavy atom. The van der Waals surface area contributed by atoms with Crippen molar-refractivity contribution >= 4 is 11.6 Å². The Balaban J connectivity index is 2.11. The molecule has 5 heteroatoms. The molecule has 4 nitrogen and oxygen atoms in total. The number of halogens is 1. The van der Waals surface area contributed by atoms with E-state index in [2.05, 4.69) is 15.5 Å². The molecule has 0 aliphatic rings. The van der Waals surface area contributed by atoms with Crippen molar-refractivity contribution in [1.82, 2.24) is 10.4 Å². The van der Waals surface area contributed by atoms with Gasteiger partial charge in [0.1, 0.15) is 11.5 Å². The zero-order valence-corrected chi connectivity index (χ0v) is 10.3. The van der Waals surface area contributed by atoms with E-state index in [9.17, 15) is 9.18 Å². The predicted octanol–water partition coefficient (Wildman–Crippen LogP) is 2.37. The second-order valence-electron chi connectivity index (χ2n) is 3.83. The standard InChI is InChI=1S/C14H12FN3O/c1-10(11-6-2-3-7-12(11)15)17-18-14(19)13-8-4-5-9-16-13/h2-9H,1H3,(H,18,19). The number of hydrogen-bond acceptors (Lipinski definition) is 3. The van der Waals surface area contributed by atoms with Gasteiger partial charge in [0.15, 0.2) is 0 Å². The highest BCUT2D eigenvalue weighted by Crippen LogP contribution is 2.07. The monoisotopic (exact) mass is 257 g/mol. The van der Waals surface area contributed by atoms with E-state index in [1.165, 1.54) is 12.3 Å². The second kappa shape index (κ2) is 5.86. The summed E-state index contributed by atoms with van der Waals surface area (Å²) in [6.45, 7) is 1.62. The highest BCUT2D eigenvalue weighted by molar-refractivity contribution is 6.00. The first-order valence-electron chi connectivity index (χ1n) is 5.69. The SMILES string of the molecule is CC(=NNC(=O)c1ccccn1)c1ccccc1F. The van der Waals surface area contributed by atoms with Gasteiger partial charge >= 0.3 is 0 Å². The van der Waals surface area contributed by atoms with Crippen molar-refractivity contribution in [1.29, 1.82) is 0 Å². The number of benzene rings is 1. The highest BCUT2D eigenvalue weighted by atomic mass is 19.1. The molecule has 1 heterocycles. The van der Waals surface area contributed by atoms with Crippen LogP contribution in [0.3, 0.4) is 0 Å². The molecule has 96 valence electrons. The van der Waals surface area contributed by atoms with Crippen LogP contribution in [-0.4, -0.2) is 16.6 Å². The van der Waals surface area contributed by atoms with E-state index in [4.69, 9.17) is 0 Å². The van der Waals surface area contributed by atoms with Gasteiger partial charge in [-0.1, -0.05) is 24.3 Å². The van der Waals surface area contributed by atoms with Crippen molar-refractivity contribution in [3.05, 3.63) is 65.7 Å². The summed E-state index contributed by atoms with van der Waals surface area (Å²) in [5, 5.41) is 3.87. The summed E-state index contributed by atoms with van der Waals surface area (Å²) in [5.74, 6) is -0.813. The topological polar surface area (TPSA) is 54.4 Å². The summed E-state index contributed by atoms with van der Waals surface area (Å²) < 4.78 is 13.5. The van der Waals surface area contributed by atoms with Crippen LogP contribution in [0, 0.1) is 5.82 Å². The number of amides is 1. The van der Waals surface area contributed by atoms with Gasteiger partial charge in [0.25, 0.3) is 5.91 Å². The van der Waals surface area contributed by atoms with Crippen LogP contribution in [0.2, 0.25) is 0 Å². The third kappa shape index (κ3) is 3.22. The van der Waals surface area contributed by atoms with Crippen LogP contribution in [0.1, 0.15) is 23.0 Å². The summed E-state index contributed by atoms with van der Waals surface area (Å²) in [5.41, 5.74) is 3.34. The van der Waals surface area contributed by atoms with E-state index in [0.717, 1.165) is 0 Å². The van der Waals surface area contributed by atoms with Gasteiger partial charge in [-0.05, 0) is 25.1 Å². The number of rotatable bonds is 3. The maximum atomic E-state index is 13.5. The Bertz CT molecular complexity index is 611. The second-order valence-corrected chi connectivity index (χ2v) is 3.83. The third-order valence-electron chi connectivity index (χ3n) is 2.49. The van der Waals surface area contributed by atoms with Gasteiger partial charge in [-0.25, -0.2) is 9.82 Å². The molecule has 1 N–H and O–H groups in total. The minimum atomic E-state index is -0.434. The van der Waals surface area contributed by atoms with Crippen molar-refractivity contribution in [2.75, 3.05) is 0 Å². The minimum Gasteiger partial charge on any atom is -0.266 e. The number of carbonyl (C=O) groups excluding carboxylic acids is 1. The Morgan fingerprint density at radius 3 is 2.63 bits per heavy atom. The number of hydrazone groups is 1. The maximum Gasteiger partial charge on any atom is 0.289 e. The Kier molecular flexibility index (Phi) is 3.97. The zero-order valence-electron chi connectivity index (χ0n) is 10.3. The molecule has 2 rings (SSSR count). The van der Waals surface area contributed by atoms with Crippen LogP contribution >= 0.6 is 0 Å². The van der Waals surface area contributed by atoms with E-state index in [1.807, 2.05) is 0 Å². The van der Waals surface area contributed by atoms with Crippen molar-refractivity contribution in [3.8, 4) is 0 Å². The Hall–Kier alpha value is -2.56. The van der Waals surface area contributed by atoms with Gasteiger partial charge in [0, 0.05) is 11.8 Å². The van der Waals surface area contributed by atoms with Gasteiger partial charge in [-0.3, -0.25) is 9.78 Å². The molecule has 1 aromatic heterocycles. The van der Waals surface area contributed by atoms with E-state index in [1.54, 1.807) is 43.3 Å². The Labute approximate surface area is 110 Å². The fraction of sp³-hybridized carbons (Fsp3) is 0.0714. The molecule has 0 radical (unpaired) electrons. The van der Waals surface area contributed by atoms with E-state index >= 15 is 0 Å². The molecule has 0 spiro atoms. The van der Waals surface area contributed by atoms with Crippen LogP contribution in [0.25, 0.3) is 0 Å². The van der Waals surface area contributed by atoms with Crippen LogP contribution in [0.15, 0.2) is 53.8 Å². The zero-order chi connectivity index (χ0) is 13.7. The summed E-state index contributed by atoms with van der Waals surface area (Å²) >= 11 is 0. The van der Waals surface area contributed by atoms with Crippen molar-refractivity contribution in [2.24, 2.45) is 5.10 Å². The van der Waals surface area contributed by atoms with Gasteiger partial charge in [0.2, 0.25) is 0 Å². The molecule has 0 atom stereocenters. The summed E-state index contributed by atoms with van der Waals surface area (Å²) in [6, 6.07) is 11.2. The maximum absolute atomic E-state index is 13.5. The quantitative estimate of drug-likeness (QED) is 0.678. The molecule has 2 aromatic rings. The van der Waals surface area contributed by atoms with Crippen LogP contribution in [0.4, 0.5) is 4.39 Å². The number of pyridine rings is 1. The van der Waals surface area contributed by atoms with Gasteiger partial charge in [-0.15, -0.1) is 0 Å². The minimum absolute atomic E-state index is 0.257.